The molecule has 4 atom stereocenters. The molecule has 2 amide bonds. The molecule has 4 unspecified atom stereocenters. The molecule has 2 aliphatic carbocycles. The summed E-state index contributed by atoms with van der Waals surface area (Å²) < 4.78 is 11.1. The van der Waals surface area contributed by atoms with Crippen LogP contribution in [0.15, 0.2) is 48.5 Å². The first-order valence-corrected chi connectivity index (χ1v) is 12.2. The zero-order chi connectivity index (χ0) is 24.4. The highest BCUT2D eigenvalue weighted by atomic mass is 16.5. The number of carboxylic acids is 1. The van der Waals surface area contributed by atoms with E-state index >= 15 is 0 Å². The van der Waals surface area contributed by atoms with Gasteiger partial charge in [-0.2, -0.15) is 0 Å². The second-order valence-corrected chi connectivity index (χ2v) is 9.62. The molecule has 1 heterocycles. The largest absolute Gasteiger partial charge is 0.481 e. The number of nitrogens with one attached hydrogen (secondary N) is 2. The summed E-state index contributed by atoms with van der Waals surface area (Å²) >= 11 is 0. The van der Waals surface area contributed by atoms with Crippen LogP contribution in [-0.4, -0.2) is 55.0 Å². The van der Waals surface area contributed by atoms with Crippen molar-refractivity contribution in [2.45, 2.75) is 43.7 Å². The van der Waals surface area contributed by atoms with Gasteiger partial charge in [-0.05, 0) is 41.0 Å². The first-order chi connectivity index (χ1) is 17.0. The molecule has 1 aliphatic heterocycles. The molecule has 5 rings (SSSR count). The zero-order valence-corrected chi connectivity index (χ0v) is 19.4. The molecule has 1 saturated heterocycles. The van der Waals surface area contributed by atoms with Gasteiger partial charge in [0.25, 0.3) is 0 Å². The van der Waals surface area contributed by atoms with E-state index in [1.807, 2.05) is 24.3 Å². The average Bonchev–Trinajstić information content (AvgIpc) is 3.56. The summed E-state index contributed by atoms with van der Waals surface area (Å²) in [6, 6.07) is 15.6. The number of carboxylic acid groups (broad SMARTS) is 1. The van der Waals surface area contributed by atoms with Gasteiger partial charge in [0.1, 0.15) is 6.61 Å². The Morgan fingerprint density at radius 3 is 2.29 bits per heavy atom. The normalized spacial score (nSPS) is 25.0. The van der Waals surface area contributed by atoms with Gasteiger partial charge in [0.2, 0.25) is 5.91 Å². The summed E-state index contributed by atoms with van der Waals surface area (Å²) in [5, 5.41) is 14.9. The van der Waals surface area contributed by atoms with Crippen molar-refractivity contribution in [2.24, 2.45) is 11.8 Å². The van der Waals surface area contributed by atoms with Gasteiger partial charge in [0.15, 0.2) is 0 Å². The number of ether oxygens (including phenoxy) is 2. The van der Waals surface area contributed by atoms with E-state index in [1.54, 1.807) is 0 Å². The Labute approximate surface area is 204 Å². The quantitative estimate of drug-likeness (QED) is 0.563. The van der Waals surface area contributed by atoms with Crippen molar-refractivity contribution in [3.63, 3.8) is 0 Å². The Morgan fingerprint density at radius 1 is 0.914 bits per heavy atom. The maximum Gasteiger partial charge on any atom is 0.407 e. The van der Waals surface area contributed by atoms with Crippen LogP contribution in [0.2, 0.25) is 0 Å². The molecule has 0 spiro atoms. The zero-order valence-electron chi connectivity index (χ0n) is 19.4. The Balaban J connectivity index is 1.17. The molecule has 184 valence electrons. The second kappa shape index (κ2) is 10.1. The van der Waals surface area contributed by atoms with Crippen LogP contribution in [0.5, 0.6) is 0 Å². The lowest BCUT2D eigenvalue weighted by Crippen LogP contribution is -2.49. The lowest BCUT2D eigenvalue weighted by atomic mass is 9.97. The molecule has 2 aromatic rings. The molecular weight excluding hydrogens is 448 g/mol. The first-order valence-electron chi connectivity index (χ1n) is 12.2. The summed E-state index contributed by atoms with van der Waals surface area (Å²) in [5.74, 6) is -1.71. The molecule has 0 radical (unpaired) electrons. The summed E-state index contributed by atoms with van der Waals surface area (Å²) in [4.78, 5) is 36.7. The molecular formula is C27H30N2O6. The van der Waals surface area contributed by atoms with E-state index in [4.69, 9.17) is 14.6 Å². The first kappa shape index (κ1) is 23.4. The number of carbonyl (C=O) groups is 3. The van der Waals surface area contributed by atoms with E-state index in [9.17, 15) is 14.4 Å². The number of benzene rings is 2. The van der Waals surface area contributed by atoms with E-state index in [0.717, 1.165) is 41.5 Å². The number of alkyl carbamates (subject to hydrolysis) is 1. The minimum atomic E-state index is -0.852. The smallest absolute Gasteiger partial charge is 0.407 e. The minimum Gasteiger partial charge on any atom is -0.481 e. The van der Waals surface area contributed by atoms with Crippen LogP contribution in [0, 0.1) is 11.8 Å². The van der Waals surface area contributed by atoms with Gasteiger partial charge >= 0.3 is 12.1 Å². The summed E-state index contributed by atoms with van der Waals surface area (Å²) in [6.07, 6.45) is 1.92. The topological polar surface area (TPSA) is 114 Å². The predicted octanol–water partition coefficient (Wildman–Crippen LogP) is 3.30. The highest BCUT2D eigenvalue weighted by Crippen LogP contribution is 2.44. The second-order valence-electron chi connectivity index (χ2n) is 9.62. The summed E-state index contributed by atoms with van der Waals surface area (Å²) in [7, 11) is 0. The third-order valence-corrected chi connectivity index (χ3v) is 7.49. The van der Waals surface area contributed by atoms with Crippen LogP contribution in [0.1, 0.15) is 42.7 Å². The Morgan fingerprint density at radius 2 is 1.60 bits per heavy atom. The fourth-order valence-electron chi connectivity index (χ4n) is 5.73. The van der Waals surface area contributed by atoms with Crippen LogP contribution < -0.4 is 10.6 Å². The molecule has 2 fully saturated rings. The average molecular weight is 479 g/mol. The summed E-state index contributed by atoms with van der Waals surface area (Å²) in [5.41, 5.74) is 4.59. The van der Waals surface area contributed by atoms with Gasteiger partial charge in [-0.15, -0.1) is 0 Å². The third kappa shape index (κ3) is 4.89. The van der Waals surface area contributed by atoms with E-state index < -0.39 is 24.0 Å². The van der Waals surface area contributed by atoms with E-state index in [0.29, 0.717) is 0 Å². The Kier molecular flexibility index (Phi) is 6.72. The molecule has 8 heteroatoms. The van der Waals surface area contributed by atoms with Crippen molar-refractivity contribution in [1.29, 1.82) is 0 Å². The van der Waals surface area contributed by atoms with Crippen LogP contribution in [0.25, 0.3) is 11.1 Å². The highest BCUT2D eigenvalue weighted by Gasteiger charge is 2.39. The van der Waals surface area contributed by atoms with Gasteiger partial charge in [-0.3, -0.25) is 9.59 Å². The van der Waals surface area contributed by atoms with E-state index in [2.05, 4.69) is 34.9 Å². The van der Waals surface area contributed by atoms with Gasteiger partial charge < -0.3 is 25.2 Å². The lowest BCUT2D eigenvalue weighted by Gasteiger charge is -2.24. The van der Waals surface area contributed by atoms with Crippen LogP contribution in [0.3, 0.4) is 0 Å². The monoisotopic (exact) mass is 478 g/mol. The number of fused-ring (bicyclic) bond motifs is 3. The van der Waals surface area contributed by atoms with Crippen LogP contribution in [-0.2, 0) is 19.1 Å². The Hall–Kier alpha value is -3.39. The molecule has 0 aromatic heterocycles. The number of hydrogen-bond donors (Lipinski definition) is 3. The lowest BCUT2D eigenvalue weighted by molar-refractivity contribution is -0.138. The van der Waals surface area contributed by atoms with E-state index in [-0.39, 0.29) is 50.0 Å². The van der Waals surface area contributed by atoms with Crippen molar-refractivity contribution < 1.29 is 29.0 Å². The van der Waals surface area contributed by atoms with Gasteiger partial charge in [0.05, 0.1) is 31.6 Å². The number of aliphatic carboxylic acids is 1. The minimum absolute atomic E-state index is 0.0411. The molecule has 35 heavy (non-hydrogen) atoms. The van der Waals surface area contributed by atoms with Gasteiger partial charge in [0, 0.05) is 12.0 Å². The SMILES string of the molecule is O=C(O)CC1CCCC1NC(=O)C1COCC1NC(=O)OCC1c2ccccc2-c2ccccc21. The fourth-order valence-corrected chi connectivity index (χ4v) is 5.73. The number of amides is 2. The fraction of sp³-hybridized carbons (Fsp3) is 0.444. The summed E-state index contributed by atoms with van der Waals surface area (Å²) in [6.45, 7) is 0.630. The predicted molar refractivity (Wildman–Crippen MR) is 128 cm³/mol. The van der Waals surface area contributed by atoms with Gasteiger partial charge in [-0.1, -0.05) is 55.0 Å². The molecule has 1 saturated carbocycles. The third-order valence-electron chi connectivity index (χ3n) is 7.49. The standard InChI is InChI=1S/C27H30N2O6/c30-25(31)12-16-6-5-11-23(16)28-26(32)22-13-34-15-24(22)29-27(33)35-14-21-19-9-3-1-7-17(19)18-8-2-4-10-20(18)21/h1-4,7-10,16,21-24H,5-6,11-15H2,(H,28,32)(H,29,33)(H,30,31). The van der Waals surface area contributed by atoms with Crippen molar-refractivity contribution in [1.82, 2.24) is 10.6 Å². The molecule has 0 bridgehead atoms. The molecule has 3 aliphatic rings. The van der Waals surface area contributed by atoms with Gasteiger partial charge in [-0.25, -0.2) is 4.79 Å². The Bertz CT molecular complexity index is 1070. The molecule has 8 nitrogen and oxygen atoms in total. The maximum absolute atomic E-state index is 12.9. The molecule has 3 N–H and O–H groups in total. The molecule has 2 aromatic carbocycles. The van der Waals surface area contributed by atoms with Crippen molar-refractivity contribution in [3.8, 4) is 11.1 Å². The van der Waals surface area contributed by atoms with Crippen molar-refractivity contribution in [3.05, 3.63) is 59.7 Å². The van der Waals surface area contributed by atoms with E-state index in [1.165, 1.54) is 0 Å². The number of hydrogen-bond acceptors (Lipinski definition) is 5. The highest BCUT2D eigenvalue weighted by molar-refractivity contribution is 5.82. The number of rotatable bonds is 7. The number of carbonyl (C=O) groups excluding carboxylic acids is 2. The van der Waals surface area contributed by atoms with Crippen LogP contribution in [0.4, 0.5) is 4.79 Å². The van der Waals surface area contributed by atoms with Crippen LogP contribution >= 0.6 is 0 Å². The van der Waals surface area contributed by atoms with Crippen molar-refractivity contribution >= 4 is 18.0 Å². The van der Waals surface area contributed by atoms with Crippen molar-refractivity contribution in [2.75, 3.05) is 19.8 Å². The maximum atomic E-state index is 12.9.